The molecule has 0 saturated carbocycles. The maximum atomic E-state index is 13.6. The van der Waals surface area contributed by atoms with Gasteiger partial charge in [0.15, 0.2) is 0 Å². The van der Waals surface area contributed by atoms with Crippen LogP contribution in [0.2, 0.25) is 0 Å². The number of amides is 3. The molecule has 0 aromatic heterocycles. The number of piperidine rings is 1. The van der Waals surface area contributed by atoms with Crippen molar-refractivity contribution < 1.29 is 24.2 Å². The minimum Gasteiger partial charge on any atom is -0.457 e. The summed E-state index contributed by atoms with van der Waals surface area (Å²) in [4.78, 5) is 29.4. The first-order valence-corrected chi connectivity index (χ1v) is 14.0. The van der Waals surface area contributed by atoms with Crippen LogP contribution in [0.5, 0.6) is 11.5 Å². The van der Waals surface area contributed by atoms with Crippen LogP contribution in [0, 0.1) is 12.8 Å². The van der Waals surface area contributed by atoms with Crippen LogP contribution in [-0.4, -0.2) is 60.4 Å². The first kappa shape index (κ1) is 25.2. The second-order valence-corrected chi connectivity index (χ2v) is 11.4. The van der Waals surface area contributed by atoms with E-state index < -0.39 is 5.54 Å². The number of thioether (sulfide) groups is 1. The fourth-order valence-corrected chi connectivity index (χ4v) is 7.26. The maximum absolute atomic E-state index is 13.6. The zero-order valence-electron chi connectivity index (χ0n) is 21.2. The lowest BCUT2D eigenvalue weighted by Crippen LogP contribution is -2.62. The molecule has 10 heteroatoms. The Kier molecular flexibility index (Phi) is 6.81. The van der Waals surface area contributed by atoms with Gasteiger partial charge in [0.25, 0.3) is 5.91 Å². The third-order valence-electron chi connectivity index (χ3n) is 7.89. The van der Waals surface area contributed by atoms with Crippen LogP contribution in [0.4, 0.5) is 10.5 Å². The van der Waals surface area contributed by atoms with Crippen molar-refractivity contribution in [3.8, 4) is 11.5 Å². The summed E-state index contributed by atoms with van der Waals surface area (Å²) in [5, 5.41) is 19.7. The Hall–Kier alpha value is -3.05. The van der Waals surface area contributed by atoms with Crippen molar-refractivity contribution in [3.63, 3.8) is 0 Å². The Balaban J connectivity index is 1.26. The summed E-state index contributed by atoms with van der Waals surface area (Å²) in [5.41, 5.74) is 1.74. The number of aryl methyl sites for hydroxylation is 1. The highest BCUT2D eigenvalue weighted by Gasteiger charge is 2.52. The molecule has 9 nitrogen and oxygen atoms in total. The summed E-state index contributed by atoms with van der Waals surface area (Å²) >= 11 is 1.47. The number of hydrogen-bond donors (Lipinski definition) is 4. The van der Waals surface area contributed by atoms with Gasteiger partial charge in [0.05, 0.1) is 28.5 Å². The molecule has 2 aromatic rings. The van der Waals surface area contributed by atoms with Gasteiger partial charge in [-0.1, -0.05) is 30.0 Å². The van der Waals surface area contributed by atoms with E-state index in [2.05, 4.69) is 16.0 Å². The fourth-order valence-electron chi connectivity index (χ4n) is 5.87. The highest BCUT2D eigenvalue weighted by atomic mass is 32.2. The summed E-state index contributed by atoms with van der Waals surface area (Å²) in [7, 11) is 0. The highest BCUT2D eigenvalue weighted by molar-refractivity contribution is 8.04. The summed E-state index contributed by atoms with van der Waals surface area (Å²) in [6.45, 7) is 3.57. The molecule has 3 atom stereocenters. The number of benzene rings is 2. The average molecular weight is 537 g/mol. The molecule has 0 radical (unpaired) electrons. The van der Waals surface area contributed by atoms with Gasteiger partial charge in [0, 0.05) is 30.5 Å². The van der Waals surface area contributed by atoms with Gasteiger partial charge in [0.2, 0.25) is 0 Å². The van der Waals surface area contributed by atoms with Crippen LogP contribution < -0.4 is 25.6 Å². The van der Waals surface area contributed by atoms with Gasteiger partial charge < -0.3 is 30.5 Å². The molecule has 4 aliphatic rings. The number of hydrogen-bond acceptors (Lipinski definition) is 7. The molecule has 6 rings (SSSR count). The van der Waals surface area contributed by atoms with Gasteiger partial charge in [-0.15, -0.1) is 0 Å². The molecular formula is C28H32N4O5S. The molecule has 200 valence electrons. The monoisotopic (exact) mass is 536 g/mol. The van der Waals surface area contributed by atoms with Crippen molar-refractivity contribution in [2.75, 3.05) is 31.3 Å². The van der Waals surface area contributed by atoms with Crippen molar-refractivity contribution in [1.82, 2.24) is 16.0 Å². The Labute approximate surface area is 225 Å². The third kappa shape index (κ3) is 4.55. The zero-order valence-corrected chi connectivity index (χ0v) is 22.1. The number of ether oxygens (including phenoxy) is 2. The molecular weight excluding hydrogens is 504 g/mol. The SMILES string of the molecule is Cc1cc(Oc2ccccc2)ccc1N1C(=O)NC2=C(C(=O)NC3(CO)CCOCC3)SC3NCCC1C23. The maximum Gasteiger partial charge on any atom is 0.326 e. The second-order valence-electron chi connectivity index (χ2n) is 10.3. The second kappa shape index (κ2) is 10.3. The van der Waals surface area contributed by atoms with Crippen LogP contribution in [0.1, 0.15) is 24.8 Å². The third-order valence-corrected chi connectivity index (χ3v) is 9.24. The van der Waals surface area contributed by atoms with Gasteiger partial charge in [-0.25, -0.2) is 4.79 Å². The molecule has 2 aromatic carbocycles. The van der Waals surface area contributed by atoms with E-state index in [1.165, 1.54) is 11.8 Å². The Morgan fingerprint density at radius 1 is 1.21 bits per heavy atom. The molecule has 3 amide bonds. The van der Waals surface area contributed by atoms with E-state index in [-0.39, 0.29) is 35.9 Å². The van der Waals surface area contributed by atoms with Gasteiger partial charge in [-0.05, 0) is 68.6 Å². The van der Waals surface area contributed by atoms with Crippen LogP contribution in [0.15, 0.2) is 59.1 Å². The van der Waals surface area contributed by atoms with E-state index in [0.717, 1.165) is 30.0 Å². The molecule has 0 spiro atoms. The Bertz CT molecular complexity index is 1260. The van der Waals surface area contributed by atoms with Crippen molar-refractivity contribution in [2.45, 2.75) is 43.1 Å². The molecule has 38 heavy (non-hydrogen) atoms. The van der Waals surface area contributed by atoms with Crippen molar-refractivity contribution >= 4 is 29.4 Å². The van der Waals surface area contributed by atoms with E-state index in [1.807, 2.05) is 60.4 Å². The molecule has 3 fully saturated rings. The number of carbonyl (C=O) groups excluding carboxylic acids is 2. The molecule has 4 N–H and O–H groups in total. The summed E-state index contributed by atoms with van der Waals surface area (Å²) in [6, 6.07) is 15.0. The number of rotatable bonds is 6. The number of nitrogens with zero attached hydrogens (tertiary/aromatic N) is 1. The van der Waals surface area contributed by atoms with E-state index in [9.17, 15) is 14.7 Å². The largest absolute Gasteiger partial charge is 0.457 e. The van der Waals surface area contributed by atoms with E-state index in [4.69, 9.17) is 9.47 Å². The predicted molar refractivity (Wildman–Crippen MR) is 145 cm³/mol. The molecule has 4 aliphatic heterocycles. The first-order valence-electron chi connectivity index (χ1n) is 13.1. The first-order chi connectivity index (χ1) is 18.5. The number of anilines is 1. The number of carbonyl (C=O) groups is 2. The van der Waals surface area contributed by atoms with E-state index in [0.29, 0.717) is 42.4 Å². The minimum atomic E-state index is -0.699. The molecule has 3 saturated heterocycles. The van der Waals surface area contributed by atoms with Crippen LogP contribution in [-0.2, 0) is 9.53 Å². The number of para-hydroxylation sites is 1. The van der Waals surface area contributed by atoms with Crippen molar-refractivity contribution in [1.29, 1.82) is 0 Å². The van der Waals surface area contributed by atoms with Gasteiger partial charge in [0.1, 0.15) is 11.5 Å². The number of aliphatic hydroxyl groups is 1. The number of nitrogens with one attached hydrogen (secondary N) is 3. The Morgan fingerprint density at radius 3 is 2.74 bits per heavy atom. The van der Waals surface area contributed by atoms with Crippen molar-refractivity contribution in [2.24, 2.45) is 5.92 Å². The quantitative estimate of drug-likeness (QED) is 0.449. The average Bonchev–Trinajstić information content (AvgIpc) is 3.30. The van der Waals surface area contributed by atoms with E-state index in [1.54, 1.807) is 0 Å². The molecule has 3 unspecified atom stereocenters. The molecule has 0 aliphatic carbocycles. The van der Waals surface area contributed by atoms with E-state index >= 15 is 0 Å². The Morgan fingerprint density at radius 2 is 2.00 bits per heavy atom. The molecule has 4 heterocycles. The standard InChI is InChI=1S/C28H32N4O5S/c1-17-15-19(37-18-5-3-2-4-6-18)7-8-20(17)32-21-9-12-29-26-22(21)23(30-27(32)35)24(38-26)25(34)31-28(16-33)10-13-36-14-11-28/h2-8,15,21-22,26,29,33H,9-14,16H2,1H3,(H,30,35)(H,31,34). The van der Waals surface area contributed by atoms with Crippen LogP contribution >= 0.6 is 11.8 Å². The minimum absolute atomic E-state index is 0.0200. The lowest BCUT2D eigenvalue weighted by atomic mass is 9.86. The smallest absolute Gasteiger partial charge is 0.326 e. The zero-order chi connectivity index (χ0) is 26.3. The molecule has 0 bridgehead atoms. The number of aliphatic hydroxyl groups excluding tert-OH is 1. The summed E-state index contributed by atoms with van der Waals surface area (Å²) in [5.74, 6) is 1.17. The predicted octanol–water partition coefficient (Wildman–Crippen LogP) is 3.24. The van der Waals surface area contributed by atoms with Gasteiger partial charge in [-0.3, -0.25) is 9.69 Å². The summed E-state index contributed by atoms with van der Waals surface area (Å²) in [6.07, 6.45) is 1.88. The van der Waals surface area contributed by atoms with Crippen LogP contribution in [0.25, 0.3) is 0 Å². The fraction of sp³-hybridized carbons (Fsp3) is 0.429. The topological polar surface area (TPSA) is 112 Å². The van der Waals surface area contributed by atoms with Crippen LogP contribution in [0.3, 0.4) is 0 Å². The van der Waals surface area contributed by atoms with Crippen molar-refractivity contribution in [3.05, 3.63) is 64.7 Å². The lowest BCUT2D eigenvalue weighted by molar-refractivity contribution is -0.120. The normalized spacial score (nSPS) is 26.0. The summed E-state index contributed by atoms with van der Waals surface area (Å²) < 4.78 is 11.4. The lowest BCUT2D eigenvalue weighted by Gasteiger charge is -2.46. The highest BCUT2D eigenvalue weighted by Crippen LogP contribution is 2.48. The van der Waals surface area contributed by atoms with Gasteiger partial charge >= 0.3 is 6.03 Å². The van der Waals surface area contributed by atoms with Gasteiger partial charge in [-0.2, -0.15) is 0 Å². The number of urea groups is 1.